The molecule has 0 heterocycles. The molecule has 0 radical (unpaired) electrons. The van der Waals surface area contributed by atoms with Crippen molar-refractivity contribution in [1.82, 2.24) is 5.32 Å². The van der Waals surface area contributed by atoms with Gasteiger partial charge in [0.2, 0.25) is 0 Å². The first-order valence-electron chi connectivity index (χ1n) is 7.79. The first-order chi connectivity index (χ1) is 12.1. The molecule has 0 aliphatic heterocycles. The van der Waals surface area contributed by atoms with Crippen molar-refractivity contribution in [1.29, 1.82) is 0 Å². The summed E-state index contributed by atoms with van der Waals surface area (Å²) in [5.74, 6) is -0.350. The lowest BCUT2D eigenvalue weighted by Crippen LogP contribution is -2.31. The fraction of sp³-hybridized carbons (Fsp3) is 0.263. The highest BCUT2D eigenvalue weighted by Crippen LogP contribution is 2.31. The lowest BCUT2D eigenvalue weighted by Gasteiger charge is -2.15. The van der Waals surface area contributed by atoms with Crippen LogP contribution in [0.15, 0.2) is 48.5 Å². The van der Waals surface area contributed by atoms with E-state index in [0.29, 0.717) is 5.75 Å². The minimum absolute atomic E-state index is 0.182. The number of ether oxygens (including phenoxy) is 3. The molecule has 0 aliphatic rings. The molecule has 0 saturated carbocycles. The predicted molar refractivity (Wildman–Crippen MR) is 92.8 cm³/mol. The molecule has 0 fully saturated rings. The van der Waals surface area contributed by atoms with Gasteiger partial charge in [-0.3, -0.25) is 4.79 Å². The molecule has 1 unspecified atom stereocenters. The fourth-order valence-electron chi connectivity index (χ4n) is 2.36. The van der Waals surface area contributed by atoms with Gasteiger partial charge in [0.25, 0.3) is 5.91 Å². The number of para-hydroxylation sites is 1. The van der Waals surface area contributed by atoms with Crippen molar-refractivity contribution in [3.05, 3.63) is 59.7 Å². The molecule has 6 heteroatoms. The Kier molecular flexibility index (Phi) is 6.39. The van der Waals surface area contributed by atoms with Crippen molar-refractivity contribution >= 4 is 11.9 Å². The number of benzene rings is 2. The van der Waals surface area contributed by atoms with Gasteiger partial charge in [0, 0.05) is 0 Å². The molecule has 1 N–H and O–H groups in total. The van der Waals surface area contributed by atoms with Crippen LogP contribution in [0, 0.1) is 0 Å². The van der Waals surface area contributed by atoms with Crippen LogP contribution in [0.4, 0.5) is 0 Å². The summed E-state index contributed by atoms with van der Waals surface area (Å²) in [6, 6.07) is 14.2. The third kappa shape index (κ3) is 4.73. The number of nitrogens with one attached hydrogen (secondary N) is 1. The van der Waals surface area contributed by atoms with Crippen molar-refractivity contribution in [2.24, 2.45) is 0 Å². The van der Waals surface area contributed by atoms with Crippen LogP contribution < -0.4 is 14.8 Å². The Morgan fingerprint density at radius 1 is 1.00 bits per heavy atom. The van der Waals surface area contributed by atoms with E-state index in [2.05, 4.69) is 5.32 Å². The summed E-state index contributed by atoms with van der Waals surface area (Å²) < 4.78 is 15.4. The molecule has 25 heavy (non-hydrogen) atoms. The maximum atomic E-state index is 12.2. The number of rotatable bonds is 7. The molecule has 2 aromatic carbocycles. The SMILES string of the molecule is COc1cccc(C(=O)OCC(=O)NC(C)c2ccccc2)c1OC. The number of carbonyl (C=O) groups is 2. The van der Waals surface area contributed by atoms with Gasteiger partial charge in [-0.15, -0.1) is 0 Å². The minimum Gasteiger partial charge on any atom is -0.493 e. The molecule has 0 aliphatic carbocycles. The van der Waals surface area contributed by atoms with Crippen molar-refractivity contribution in [2.75, 3.05) is 20.8 Å². The number of methoxy groups -OCH3 is 2. The first-order valence-corrected chi connectivity index (χ1v) is 7.79. The van der Waals surface area contributed by atoms with Crippen molar-refractivity contribution in [3.63, 3.8) is 0 Å². The maximum Gasteiger partial charge on any atom is 0.342 e. The predicted octanol–water partition coefficient (Wildman–Crippen LogP) is 2.74. The van der Waals surface area contributed by atoms with E-state index >= 15 is 0 Å². The van der Waals surface area contributed by atoms with E-state index in [4.69, 9.17) is 14.2 Å². The van der Waals surface area contributed by atoms with Crippen LogP contribution in [0.2, 0.25) is 0 Å². The summed E-state index contributed by atoms with van der Waals surface area (Å²) >= 11 is 0. The van der Waals surface area contributed by atoms with Crippen LogP contribution in [0.1, 0.15) is 28.9 Å². The van der Waals surface area contributed by atoms with E-state index in [1.807, 2.05) is 37.3 Å². The third-order valence-corrected chi connectivity index (χ3v) is 3.63. The zero-order chi connectivity index (χ0) is 18.2. The highest BCUT2D eigenvalue weighted by molar-refractivity contribution is 5.95. The lowest BCUT2D eigenvalue weighted by molar-refractivity contribution is -0.124. The summed E-state index contributed by atoms with van der Waals surface area (Å²) in [6.45, 7) is 1.48. The van der Waals surface area contributed by atoms with E-state index < -0.39 is 5.97 Å². The highest BCUT2D eigenvalue weighted by atomic mass is 16.5. The van der Waals surface area contributed by atoms with E-state index in [9.17, 15) is 9.59 Å². The minimum atomic E-state index is -0.654. The number of carbonyl (C=O) groups excluding carboxylic acids is 2. The summed E-state index contributed by atoms with van der Waals surface area (Å²) in [5, 5.41) is 2.78. The average molecular weight is 343 g/mol. The fourth-order valence-corrected chi connectivity index (χ4v) is 2.36. The standard InChI is InChI=1S/C19H21NO5/c1-13(14-8-5-4-6-9-14)20-17(21)12-25-19(22)15-10-7-11-16(23-2)18(15)24-3/h4-11,13H,12H2,1-3H3,(H,20,21). The van der Waals surface area contributed by atoms with Crippen LogP contribution >= 0.6 is 0 Å². The monoisotopic (exact) mass is 343 g/mol. The van der Waals surface area contributed by atoms with Crippen LogP contribution in [-0.4, -0.2) is 32.7 Å². The molecule has 2 rings (SSSR count). The van der Waals surface area contributed by atoms with Crippen LogP contribution in [-0.2, 0) is 9.53 Å². The molecule has 0 aromatic heterocycles. The molecule has 0 saturated heterocycles. The number of amides is 1. The Bertz CT molecular complexity index is 730. The van der Waals surface area contributed by atoms with Crippen LogP contribution in [0.5, 0.6) is 11.5 Å². The van der Waals surface area contributed by atoms with Crippen LogP contribution in [0.3, 0.4) is 0 Å². The molecular formula is C19H21NO5. The number of hydrogen-bond donors (Lipinski definition) is 1. The topological polar surface area (TPSA) is 73.9 Å². The lowest BCUT2D eigenvalue weighted by atomic mass is 10.1. The molecular weight excluding hydrogens is 322 g/mol. The maximum absolute atomic E-state index is 12.2. The van der Waals surface area contributed by atoms with Crippen molar-refractivity contribution in [2.45, 2.75) is 13.0 Å². The summed E-state index contributed by atoms with van der Waals surface area (Å²) in [4.78, 5) is 24.2. The second-order valence-electron chi connectivity index (χ2n) is 5.32. The van der Waals surface area contributed by atoms with Gasteiger partial charge < -0.3 is 19.5 Å². The van der Waals surface area contributed by atoms with Gasteiger partial charge in [-0.25, -0.2) is 4.79 Å². The second-order valence-corrected chi connectivity index (χ2v) is 5.32. The zero-order valence-corrected chi connectivity index (χ0v) is 14.4. The Morgan fingerprint density at radius 2 is 1.72 bits per heavy atom. The Hall–Kier alpha value is -3.02. The highest BCUT2D eigenvalue weighted by Gasteiger charge is 2.19. The largest absolute Gasteiger partial charge is 0.493 e. The van der Waals surface area contributed by atoms with E-state index in [1.54, 1.807) is 18.2 Å². The van der Waals surface area contributed by atoms with E-state index in [0.717, 1.165) is 5.56 Å². The molecule has 1 amide bonds. The second kappa shape index (κ2) is 8.73. The van der Waals surface area contributed by atoms with Gasteiger partial charge >= 0.3 is 5.97 Å². The Balaban J connectivity index is 1.95. The van der Waals surface area contributed by atoms with Gasteiger partial charge in [0.15, 0.2) is 18.1 Å². The van der Waals surface area contributed by atoms with E-state index in [-0.39, 0.29) is 29.9 Å². The van der Waals surface area contributed by atoms with Gasteiger partial charge in [0.1, 0.15) is 5.56 Å². The molecule has 132 valence electrons. The summed E-state index contributed by atoms with van der Waals surface area (Å²) in [5.41, 5.74) is 1.17. The molecule has 0 bridgehead atoms. The quantitative estimate of drug-likeness (QED) is 0.783. The van der Waals surface area contributed by atoms with Gasteiger partial charge in [0.05, 0.1) is 20.3 Å². The molecule has 1 atom stereocenters. The van der Waals surface area contributed by atoms with Gasteiger partial charge in [-0.2, -0.15) is 0 Å². The average Bonchev–Trinajstić information content (AvgIpc) is 2.65. The normalized spacial score (nSPS) is 11.3. The molecule has 0 spiro atoms. The third-order valence-electron chi connectivity index (χ3n) is 3.63. The molecule has 2 aromatic rings. The number of esters is 1. The molecule has 6 nitrogen and oxygen atoms in total. The summed E-state index contributed by atoms with van der Waals surface area (Å²) in [7, 11) is 2.91. The van der Waals surface area contributed by atoms with Crippen molar-refractivity contribution < 1.29 is 23.8 Å². The van der Waals surface area contributed by atoms with Crippen molar-refractivity contribution in [3.8, 4) is 11.5 Å². The van der Waals surface area contributed by atoms with Crippen LogP contribution in [0.25, 0.3) is 0 Å². The Morgan fingerprint density at radius 3 is 2.36 bits per heavy atom. The van der Waals surface area contributed by atoms with E-state index in [1.165, 1.54) is 14.2 Å². The Labute approximate surface area is 146 Å². The van der Waals surface area contributed by atoms with Gasteiger partial charge in [-0.1, -0.05) is 36.4 Å². The zero-order valence-electron chi connectivity index (χ0n) is 14.4. The van der Waals surface area contributed by atoms with Gasteiger partial charge in [-0.05, 0) is 24.6 Å². The number of hydrogen-bond acceptors (Lipinski definition) is 5. The first kappa shape index (κ1) is 18.3. The smallest absolute Gasteiger partial charge is 0.342 e. The summed E-state index contributed by atoms with van der Waals surface area (Å²) in [6.07, 6.45) is 0.